The van der Waals surface area contributed by atoms with Gasteiger partial charge >= 0.3 is 0 Å². The number of carbonyl (C=O) groups is 1. The summed E-state index contributed by atoms with van der Waals surface area (Å²) in [7, 11) is -3.99. The number of aryl methyl sites for hydroxylation is 1. The maximum atomic E-state index is 13.8. The molecule has 0 saturated carbocycles. The smallest absolute Gasteiger partial charge is 0.261 e. The minimum absolute atomic E-state index is 0.148. The van der Waals surface area contributed by atoms with Gasteiger partial charge in [0.1, 0.15) is 11.6 Å². The lowest BCUT2D eigenvalue weighted by molar-refractivity contribution is 0.0661. The lowest BCUT2D eigenvalue weighted by Gasteiger charge is -2.32. The predicted octanol–water partition coefficient (Wildman–Crippen LogP) is 4.87. The van der Waals surface area contributed by atoms with E-state index in [2.05, 4.69) is 4.72 Å². The van der Waals surface area contributed by atoms with Gasteiger partial charge in [-0.05, 0) is 73.7 Å². The minimum atomic E-state index is -3.99. The molecule has 0 aliphatic carbocycles. The van der Waals surface area contributed by atoms with E-state index in [0.717, 1.165) is 24.7 Å². The van der Waals surface area contributed by atoms with Crippen LogP contribution < -0.4 is 9.46 Å². The Labute approximate surface area is 199 Å². The summed E-state index contributed by atoms with van der Waals surface area (Å²) in [6.45, 7) is 3.40. The highest BCUT2D eigenvalue weighted by molar-refractivity contribution is 7.92. The van der Waals surface area contributed by atoms with E-state index in [-0.39, 0.29) is 16.5 Å². The molecule has 8 heteroatoms. The molecule has 1 saturated heterocycles. The average molecular weight is 483 g/mol. The summed E-state index contributed by atoms with van der Waals surface area (Å²) in [5.41, 5.74) is 1.01. The molecule has 1 N–H and O–H groups in total. The number of nitrogens with one attached hydrogen (secondary N) is 1. The number of rotatable bonds is 7. The largest absolute Gasteiger partial charge is 0.493 e. The van der Waals surface area contributed by atoms with Crippen LogP contribution in [-0.2, 0) is 10.0 Å². The number of hydrogen-bond acceptors (Lipinski definition) is 4. The van der Waals surface area contributed by atoms with E-state index in [1.165, 1.54) is 18.2 Å². The summed E-state index contributed by atoms with van der Waals surface area (Å²) in [6, 6.07) is 19.8. The molecular weight excluding hydrogens is 455 g/mol. The van der Waals surface area contributed by atoms with Gasteiger partial charge in [0, 0.05) is 24.3 Å². The Kier molecular flexibility index (Phi) is 7.17. The van der Waals surface area contributed by atoms with Crippen LogP contribution in [0, 0.1) is 18.7 Å². The molecule has 1 aliphatic rings. The van der Waals surface area contributed by atoms with Gasteiger partial charge in [-0.25, -0.2) is 12.8 Å². The highest BCUT2D eigenvalue weighted by Gasteiger charge is 2.25. The Morgan fingerprint density at radius 3 is 2.47 bits per heavy atom. The van der Waals surface area contributed by atoms with E-state index in [1.54, 1.807) is 30.0 Å². The zero-order chi connectivity index (χ0) is 24.1. The zero-order valence-electron chi connectivity index (χ0n) is 18.9. The Morgan fingerprint density at radius 1 is 1.03 bits per heavy atom. The highest BCUT2D eigenvalue weighted by atomic mass is 32.2. The number of likely N-dealkylation sites (tertiary alicyclic amines) is 1. The second-order valence-corrected chi connectivity index (χ2v) is 10.1. The Morgan fingerprint density at radius 2 is 1.76 bits per heavy atom. The molecule has 1 fully saturated rings. The van der Waals surface area contributed by atoms with Gasteiger partial charge in [0.25, 0.3) is 15.9 Å². The number of nitrogens with zero attached hydrogens (tertiary/aromatic N) is 1. The number of hydrogen-bond donors (Lipinski definition) is 1. The van der Waals surface area contributed by atoms with Crippen LogP contribution in [0.15, 0.2) is 77.7 Å². The van der Waals surface area contributed by atoms with Crippen molar-refractivity contribution in [3.05, 3.63) is 89.7 Å². The molecule has 4 rings (SSSR count). The van der Waals surface area contributed by atoms with E-state index in [1.807, 2.05) is 30.3 Å². The topological polar surface area (TPSA) is 75.7 Å². The molecule has 1 amide bonds. The van der Waals surface area contributed by atoms with Crippen molar-refractivity contribution in [2.75, 3.05) is 24.4 Å². The van der Waals surface area contributed by atoms with Gasteiger partial charge in [0.2, 0.25) is 0 Å². The van der Waals surface area contributed by atoms with Crippen LogP contribution in [0.1, 0.15) is 28.8 Å². The normalized spacial score (nSPS) is 14.6. The molecule has 34 heavy (non-hydrogen) atoms. The predicted molar refractivity (Wildman–Crippen MR) is 129 cm³/mol. The van der Waals surface area contributed by atoms with Crippen molar-refractivity contribution in [1.29, 1.82) is 0 Å². The third-order valence-corrected chi connectivity index (χ3v) is 7.32. The van der Waals surface area contributed by atoms with Gasteiger partial charge < -0.3 is 9.64 Å². The molecule has 1 aliphatic heterocycles. The van der Waals surface area contributed by atoms with Crippen molar-refractivity contribution >= 4 is 21.6 Å². The van der Waals surface area contributed by atoms with Crippen molar-refractivity contribution in [3.63, 3.8) is 0 Å². The summed E-state index contributed by atoms with van der Waals surface area (Å²) in [4.78, 5) is 14.6. The van der Waals surface area contributed by atoms with Crippen LogP contribution in [0.3, 0.4) is 0 Å². The van der Waals surface area contributed by atoms with Crippen LogP contribution in [0.4, 0.5) is 10.1 Å². The van der Waals surface area contributed by atoms with Crippen molar-refractivity contribution in [3.8, 4) is 5.75 Å². The number of sulfonamides is 1. The first-order chi connectivity index (χ1) is 16.3. The maximum Gasteiger partial charge on any atom is 0.261 e. The van der Waals surface area contributed by atoms with Gasteiger partial charge in [-0.3, -0.25) is 9.52 Å². The fourth-order valence-electron chi connectivity index (χ4n) is 3.89. The van der Waals surface area contributed by atoms with Gasteiger partial charge in [0.15, 0.2) is 0 Å². The van der Waals surface area contributed by atoms with E-state index < -0.39 is 15.8 Å². The van der Waals surface area contributed by atoms with Crippen molar-refractivity contribution in [1.82, 2.24) is 4.90 Å². The number of halogens is 1. The van der Waals surface area contributed by atoms with Crippen molar-refractivity contribution in [2.45, 2.75) is 24.7 Å². The number of anilines is 1. The monoisotopic (exact) mass is 482 g/mol. The first-order valence-corrected chi connectivity index (χ1v) is 12.7. The lowest BCUT2D eigenvalue weighted by atomic mass is 9.97. The number of piperidine rings is 1. The van der Waals surface area contributed by atoms with Crippen molar-refractivity contribution < 1.29 is 22.3 Å². The standard InChI is InChI=1S/C26H27FN2O4S/c1-19-10-11-24(17-25(19)27)34(31,32)28-22-7-5-6-21(16-22)26(30)29-14-12-20(13-15-29)18-33-23-8-3-2-4-9-23/h2-11,16-17,20,28H,12-15,18H2,1H3. The van der Waals surface area contributed by atoms with Crippen LogP contribution in [0.5, 0.6) is 5.75 Å². The van der Waals surface area contributed by atoms with E-state index >= 15 is 0 Å². The molecule has 3 aromatic carbocycles. The maximum absolute atomic E-state index is 13.8. The third-order valence-electron chi connectivity index (χ3n) is 5.95. The Hall–Kier alpha value is -3.39. The summed E-state index contributed by atoms with van der Waals surface area (Å²) in [6.07, 6.45) is 1.67. The molecule has 0 aromatic heterocycles. The van der Waals surface area contributed by atoms with Crippen molar-refractivity contribution in [2.24, 2.45) is 5.92 Å². The fourth-order valence-corrected chi connectivity index (χ4v) is 4.95. The molecule has 0 bridgehead atoms. The lowest BCUT2D eigenvalue weighted by Crippen LogP contribution is -2.39. The molecule has 6 nitrogen and oxygen atoms in total. The van der Waals surface area contributed by atoms with Crippen LogP contribution in [0.25, 0.3) is 0 Å². The summed E-state index contributed by atoms with van der Waals surface area (Å²) in [5.74, 6) is 0.472. The zero-order valence-corrected chi connectivity index (χ0v) is 19.7. The Balaban J connectivity index is 1.36. The first kappa shape index (κ1) is 23.8. The number of amides is 1. The van der Waals surface area contributed by atoms with Crippen LogP contribution >= 0.6 is 0 Å². The van der Waals surface area contributed by atoms with Crippen LogP contribution in [-0.4, -0.2) is 38.9 Å². The average Bonchev–Trinajstić information content (AvgIpc) is 2.85. The molecule has 3 aromatic rings. The summed E-state index contributed by atoms with van der Waals surface area (Å²) >= 11 is 0. The molecule has 178 valence electrons. The quantitative estimate of drug-likeness (QED) is 0.522. The van der Waals surface area contributed by atoms with Gasteiger partial charge in [0.05, 0.1) is 11.5 Å². The number of ether oxygens (including phenoxy) is 1. The van der Waals surface area contributed by atoms with E-state index in [0.29, 0.717) is 36.7 Å². The molecule has 1 heterocycles. The molecule has 0 unspecified atom stereocenters. The molecule has 0 radical (unpaired) electrons. The van der Waals surface area contributed by atoms with Gasteiger partial charge in [-0.15, -0.1) is 0 Å². The number of benzene rings is 3. The number of carbonyl (C=O) groups excluding carboxylic acids is 1. The SMILES string of the molecule is Cc1ccc(S(=O)(=O)Nc2cccc(C(=O)N3CCC(COc4ccccc4)CC3)c2)cc1F. The summed E-state index contributed by atoms with van der Waals surface area (Å²) < 4.78 is 47.4. The van der Waals surface area contributed by atoms with E-state index in [4.69, 9.17) is 4.74 Å². The molecule has 0 atom stereocenters. The molecular formula is C26H27FN2O4S. The third kappa shape index (κ3) is 5.75. The Bertz CT molecular complexity index is 1260. The fraction of sp³-hybridized carbons (Fsp3) is 0.269. The molecule has 0 spiro atoms. The van der Waals surface area contributed by atoms with E-state index in [9.17, 15) is 17.6 Å². The second-order valence-electron chi connectivity index (χ2n) is 8.46. The highest BCUT2D eigenvalue weighted by Crippen LogP contribution is 2.23. The van der Waals surface area contributed by atoms with Gasteiger partial charge in [-0.2, -0.15) is 0 Å². The van der Waals surface area contributed by atoms with Gasteiger partial charge in [-0.1, -0.05) is 30.3 Å². The summed E-state index contributed by atoms with van der Waals surface area (Å²) in [5, 5.41) is 0. The minimum Gasteiger partial charge on any atom is -0.493 e. The second kappa shape index (κ2) is 10.3. The number of para-hydroxylation sites is 1. The van der Waals surface area contributed by atoms with Crippen LogP contribution in [0.2, 0.25) is 0 Å². The first-order valence-electron chi connectivity index (χ1n) is 11.2.